The molecule has 2 heterocycles. The molecule has 2 aromatic heterocycles. The predicted octanol–water partition coefficient (Wildman–Crippen LogP) is 5.28. The maximum absolute atomic E-state index is 12.7. The van der Waals surface area contributed by atoms with Gasteiger partial charge in [-0.2, -0.15) is 0 Å². The fourth-order valence-corrected chi connectivity index (χ4v) is 4.10. The normalized spacial score (nSPS) is 17.0. The standard InChI is InChI=1S/C25H19ClN4O2/c26-23-12-16(2-4-20(23)24(31)29-18-6-9-27-10-7-18)21-13-22(21)25(32)30-19-3-1-17-14-28-8-5-15(17)11-19/h1-12,14,21-22H,13H2,(H,30,32)(H,27,29,31). The van der Waals surface area contributed by atoms with Crippen LogP contribution in [-0.2, 0) is 4.79 Å². The van der Waals surface area contributed by atoms with Crippen molar-refractivity contribution in [3.8, 4) is 0 Å². The van der Waals surface area contributed by atoms with Gasteiger partial charge in [0, 0.05) is 47.5 Å². The Morgan fingerprint density at radius 3 is 2.47 bits per heavy atom. The van der Waals surface area contributed by atoms with E-state index in [1.165, 1.54) is 0 Å². The predicted molar refractivity (Wildman–Crippen MR) is 125 cm³/mol. The zero-order valence-corrected chi connectivity index (χ0v) is 17.7. The van der Waals surface area contributed by atoms with E-state index in [2.05, 4.69) is 20.6 Å². The number of carbonyl (C=O) groups is 2. The van der Waals surface area contributed by atoms with E-state index in [0.29, 0.717) is 16.3 Å². The van der Waals surface area contributed by atoms with Gasteiger partial charge in [-0.05, 0) is 65.8 Å². The lowest BCUT2D eigenvalue weighted by molar-refractivity contribution is -0.117. The summed E-state index contributed by atoms with van der Waals surface area (Å²) in [7, 11) is 0. The molecule has 32 heavy (non-hydrogen) atoms. The van der Waals surface area contributed by atoms with Crippen molar-refractivity contribution in [3.05, 3.63) is 95.5 Å². The van der Waals surface area contributed by atoms with Gasteiger partial charge < -0.3 is 10.6 Å². The molecular weight excluding hydrogens is 424 g/mol. The number of carbonyl (C=O) groups excluding carboxylic acids is 2. The summed E-state index contributed by atoms with van der Waals surface area (Å²) in [6.07, 6.45) is 7.49. The SMILES string of the molecule is O=C(Nc1ccncc1)c1ccc(C2CC2C(=O)Nc2ccc3cnccc3c2)cc1Cl. The molecule has 7 heteroatoms. The summed E-state index contributed by atoms with van der Waals surface area (Å²) in [5, 5.41) is 8.22. The summed E-state index contributed by atoms with van der Waals surface area (Å²) in [6, 6.07) is 16.5. The highest BCUT2D eigenvalue weighted by Crippen LogP contribution is 2.48. The average molecular weight is 443 g/mol. The summed E-state index contributed by atoms with van der Waals surface area (Å²) in [5.41, 5.74) is 2.76. The van der Waals surface area contributed by atoms with Gasteiger partial charge in [-0.3, -0.25) is 19.6 Å². The van der Waals surface area contributed by atoms with Crippen LogP contribution in [0.4, 0.5) is 11.4 Å². The highest BCUT2D eigenvalue weighted by Gasteiger charge is 2.44. The van der Waals surface area contributed by atoms with E-state index in [4.69, 9.17) is 11.6 Å². The molecule has 5 rings (SSSR count). The van der Waals surface area contributed by atoms with Gasteiger partial charge in [0.1, 0.15) is 0 Å². The minimum absolute atomic E-state index is 0.0148. The zero-order valence-electron chi connectivity index (χ0n) is 17.0. The first-order valence-electron chi connectivity index (χ1n) is 10.2. The lowest BCUT2D eigenvalue weighted by atomic mass is 10.1. The molecule has 1 saturated carbocycles. The molecule has 158 valence electrons. The van der Waals surface area contributed by atoms with Crippen LogP contribution in [0, 0.1) is 5.92 Å². The first kappa shape index (κ1) is 20.2. The van der Waals surface area contributed by atoms with Crippen LogP contribution in [0.2, 0.25) is 5.02 Å². The third-order valence-corrected chi connectivity index (χ3v) is 5.95. The summed E-state index contributed by atoms with van der Waals surface area (Å²) >= 11 is 6.40. The quantitative estimate of drug-likeness (QED) is 0.440. The maximum atomic E-state index is 12.7. The van der Waals surface area contributed by atoms with Gasteiger partial charge in [0.25, 0.3) is 5.91 Å². The number of nitrogens with one attached hydrogen (secondary N) is 2. The largest absolute Gasteiger partial charge is 0.326 e. The van der Waals surface area contributed by atoms with E-state index in [-0.39, 0.29) is 23.7 Å². The Hall–Kier alpha value is -3.77. The van der Waals surface area contributed by atoms with Crippen molar-refractivity contribution in [2.45, 2.75) is 12.3 Å². The van der Waals surface area contributed by atoms with Crippen molar-refractivity contribution < 1.29 is 9.59 Å². The molecule has 1 aliphatic rings. The van der Waals surface area contributed by atoms with Crippen LogP contribution >= 0.6 is 11.6 Å². The van der Waals surface area contributed by atoms with E-state index in [0.717, 1.165) is 28.4 Å². The van der Waals surface area contributed by atoms with Crippen molar-refractivity contribution in [3.63, 3.8) is 0 Å². The molecule has 2 atom stereocenters. The molecule has 2 amide bonds. The second-order valence-electron chi connectivity index (χ2n) is 7.80. The van der Waals surface area contributed by atoms with Gasteiger partial charge in [0.15, 0.2) is 0 Å². The van der Waals surface area contributed by atoms with Crippen LogP contribution in [0.5, 0.6) is 0 Å². The Balaban J connectivity index is 1.24. The smallest absolute Gasteiger partial charge is 0.257 e. The van der Waals surface area contributed by atoms with Crippen molar-refractivity contribution in [1.29, 1.82) is 0 Å². The Labute approximate surface area is 189 Å². The fourth-order valence-electron chi connectivity index (χ4n) is 3.83. The number of fused-ring (bicyclic) bond motifs is 1. The number of nitrogens with zero attached hydrogens (tertiary/aromatic N) is 2. The number of pyridine rings is 2. The summed E-state index contributed by atoms with van der Waals surface area (Å²) in [5.74, 6) is -0.325. The lowest BCUT2D eigenvalue weighted by Gasteiger charge is -2.09. The minimum atomic E-state index is -0.288. The Kier molecular flexibility index (Phi) is 5.29. The number of amides is 2. The molecule has 6 nitrogen and oxygen atoms in total. The highest BCUT2D eigenvalue weighted by atomic mass is 35.5. The molecule has 4 aromatic rings. The minimum Gasteiger partial charge on any atom is -0.326 e. The van der Waals surface area contributed by atoms with E-state index in [1.807, 2.05) is 30.3 Å². The molecule has 1 fully saturated rings. The number of aromatic nitrogens is 2. The molecule has 2 aromatic carbocycles. The highest BCUT2D eigenvalue weighted by molar-refractivity contribution is 6.34. The maximum Gasteiger partial charge on any atom is 0.257 e. The third kappa shape index (κ3) is 4.18. The lowest BCUT2D eigenvalue weighted by Crippen LogP contribution is -2.15. The Morgan fingerprint density at radius 1 is 0.844 bits per heavy atom. The van der Waals surface area contributed by atoms with Crippen LogP contribution in [-0.4, -0.2) is 21.8 Å². The van der Waals surface area contributed by atoms with Crippen molar-refractivity contribution >= 4 is 45.6 Å². The molecule has 0 bridgehead atoms. The van der Waals surface area contributed by atoms with Gasteiger partial charge in [0.05, 0.1) is 10.6 Å². The van der Waals surface area contributed by atoms with E-state index >= 15 is 0 Å². The topological polar surface area (TPSA) is 84.0 Å². The molecule has 0 saturated heterocycles. The summed E-state index contributed by atoms with van der Waals surface area (Å²) in [4.78, 5) is 33.3. The number of benzene rings is 2. The van der Waals surface area contributed by atoms with E-state index < -0.39 is 0 Å². The van der Waals surface area contributed by atoms with Crippen LogP contribution in [0.15, 0.2) is 79.4 Å². The first-order chi connectivity index (χ1) is 15.6. The summed E-state index contributed by atoms with van der Waals surface area (Å²) in [6.45, 7) is 0. The number of halogens is 1. The van der Waals surface area contributed by atoms with Crippen molar-refractivity contribution in [2.75, 3.05) is 10.6 Å². The number of hydrogen-bond donors (Lipinski definition) is 2. The monoisotopic (exact) mass is 442 g/mol. The van der Waals surface area contributed by atoms with Crippen LogP contribution < -0.4 is 10.6 Å². The van der Waals surface area contributed by atoms with Crippen LogP contribution in [0.25, 0.3) is 10.8 Å². The molecule has 0 radical (unpaired) electrons. The second kappa shape index (κ2) is 8.40. The zero-order chi connectivity index (χ0) is 22.1. The van der Waals surface area contributed by atoms with Gasteiger partial charge in [-0.25, -0.2) is 0 Å². The van der Waals surface area contributed by atoms with E-state index in [9.17, 15) is 9.59 Å². The first-order valence-corrected chi connectivity index (χ1v) is 10.6. The average Bonchev–Trinajstić information content (AvgIpc) is 3.61. The Bertz CT molecular complexity index is 1330. The molecule has 0 spiro atoms. The van der Waals surface area contributed by atoms with Crippen molar-refractivity contribution in [2.24, 2.45) is 5.92 Å². The number of hydrogen-bond acceptors (Lipinski definition) is 4. The molecular formula is C25H19ClN4O2. The van der Waals surface area contributed by atoms with Crippen molar-refractivity contribution in [1.82, 2.24) is 9.97 Å². The summed E-state index contributed by atoms with van der Waals surface area (Å²) < 4.78 is 0. The van der Waals surface area contributed by atoms with E-state index in [1.54, 1.807) is 49.1 Å². The van der Waals surface area contributed by atoms with Crippen LogP contribution in [0.1, 0.15) is 28.3 Å². The van der Waals surface area contributed by atoms with Gasteiger partial charge in [-0.1, -0.05) is 23.7 Å². The van der Waals surface area contributed by atoms with Gasteiger partial charge >= 0.3 is 0 Å². The van der Waals surface area contributed by atoms with Gasteiger partial charge in [-0.15, -0.1) is 0 Å². The molecule has 2 N–H and O–H groups in total. The molecule has 0 aliphatic heterocycles. The Morgan fingerprint density at radius 2 is 1.66 bits per heavy atom. The van der Waals surface area contributed by atoms with Crippen LogP contribution in [0.3, 0.4) is 0 Å². The number of rotatable bonds is 5. The van der Waals surface area contributed by atoms with Gasteiger partial charge in [0.2, 0.25) is 5.91 Å². The molecule has 1 aliphatic carbocycles. The number of anilines is 2. The molecule has 2 unspecified atom stereocenters. The third-order valence-electron chi connectivity index (χ3n) is 5.64. The second-order valence-corrected chi connectivity index (χ2v) is 8.21. The fraction of sp³-hybridized carbons (Fsp3) is 0.120.